The molecule has 1 aliphatic rings. The average Bonchev–Trinajstić information content (AvgIpc) is 2.75. The quantitative estimate of drug-likeness (QED) is 0.519. The zero-order valence-electron chi connectivity index (χ0n) is 18.6. The number of phenolic OH excluding ortho intramolecular Hbond substituents is 1. The number of hydrogen-bond acceptors (Lipinski definition) is 5. The summed E-state index contributed by atoms with van der Waals surface area (Å²) in [6, 6.07) is 10.0. The number of amides is 1. The summed E-state index contributed by atoms with van der Waals surface area (Å²) < 4.78 is 0. The van der Waals surface area contributed by atoms with Gasteiger partial charge in [0, 0.05) is 54.9 Å². The van der Waals surface area contributed by atoms with Gasteiger partial charge in [-0.15, -0.1) is 0 Å². The highest BCUT2D eigenvalue weighted by Crippen LogP contribution is 2.36. The van der Waals surface area contributed by atoms with E-state index >= 15 is 0 Å². The minimum absolute atomic E-state index is 0.138. The minimum Gasteiger partial charge on any atom is -0.507 e. The Kier molecular flexibility index (Phi) is 10.2. The molecule has 8 heteroatoms. The fraction of sp³-hybridized carbons (Fsp3) is 0.333. The first kappa shape index (κ1) is 25.9. The molecule has 1 N–H and O–H groups in total. The standard InChI is InChI=1S/C13H8Cl2O2.C11H21N3O/c14-11-4-2-1-3-9(11)10-5-8(7-16)13(17)6-12(10)15;1-12(2)6-4-5-11(15)14-9-7-13(3)8-10-14/h1-7,17H;4-5H,6-10H2,1-3H3/b;5-4+. The second kappa shape index (κ2) is 12.6. The van der Waals surface area contributed by atoms with Crippen molar-refractivity contribution in [1.82, 2.24) is 14.7 Å². The molecule has 1 aliphatic heterocycles. The third-order valence-corrected chi connectivity index (χ3v) is 5.60. The Labute approximate surface area is 199 Å². The van der Waals surface area contributed by atoms with E-state index < -0.39 is 0 Å². The summed E-state index contributed by atoms with van der Waals surface area (Å²) in [5.74, 6) is 0.00533. The van der Waals surface area contributed by atoms with E-state index in [9.17, 15) is 14.7 Å². The molecule has 0 spiro atoms. The molecule has 0 saturated carbocycles. The maximum absolute atomic E-state index is 11.7. The van der Waals surface area contributed by atoms with Crippen LogP contribution in [-0.2, 0) is 4.79 Å². The van der Waals surface area contributed by atoms with Crippen LogP contribution in [0.2, 0.25) is 10.0 Å². The number of rotatable bonds is 5. The third kappa shape index (κ3) is 7.64. The molecule has 1 saturated heterocycles. The van der Waals surface area contributed by atoms with Crippen LogP contribution in [0.3, 0.4) is 0 Å². The predicted molar refractivity (Wildman–Crippen MR) is 131 cm³/mol. The molecule has 3 rings (SSSR count). The summed E-state index contributed by atoms with van der Waals surface area (Å²) in [7, 11) is 6.07. The maximum Gasteiger partial charge on any atom is 0.246 e. The van der Waals surface area contributed by atoms with Gasteiger partial charge in [0.25, 0.3) is 0 Å². The highest BCUT2D eigenvalue weighted by atomic mass is 35.5. The van der Waals surface area contributed by atoms with E-state index in [1.807, 2.05) is 36.0 Å². The number of carbonyl (C=O) groups is 2. The Morgan fingerprint density at radius 1 is 1.06 bits per heavy atom. The third-order valence-electron chi connectivity index (χ3n) is 4.95. The predicted octanol–water partition coefficient (Wildman–Crippen LogP) is 4.06. The summed E-state index contributed by atoms with van der Waals surface area (Å²) in [6.07, 6.45) is 4.18. The van der Waals surface area contributed by atoms with E-state index in [4.69, 9.17) is 23.2 Å². The molecular formula is C24H29Cl2N3O3. The van der Waals surface area contributed by atoms with Gasteiger partial charge in [0.1, 0.15) is 5.75 Å². The van der Waals surface area contributed by atoms with Gasteiger partial charge in [-0.1, -0.05) is 47.5 Å². The normalized spacial score (nSPS) is 14.4. The van der Waals surface area contributed by atoms with Crippen molar-refractivity contribution in [3.05, 3.63) is 64.2 Å². The lowest BCUT2D eigenvalue weighted by Crippen LogP contribution is -2.46. The summed E-state index contributed by atoms with van der Waals surface area (Å²) in [6.45, 7) is 4.48. The van der Waals surface area contributed by atoms with Crippen LogP contribution in [0.1, 0.15) is 10.4 Å². The fourth-order valence-electron chi connectivity index (χ4n) is 3.06. The zero-order chi connectivity index (χ0) is 23.7. The molecule has 172 valence electrons. The van der Waals surface area contributed by atoms with E-state index in [2.05, 4.69) is 11.9 Å². The first-order valence-electron chi connectivity index (χ1n) is 10.2. The Balaban J connectivity index is 0.000000229. The van der Waals surface area contributed by atoms with Crippen molar-refractivity contribution < 1.29 is 14.7 Å². The minimum atomic E-state index is -0.138. The summed E-state index contributed by atoms with van der Waals surface area (Å²) in [4.78, 5) is 28.6. The summed E-state index contributed by atoms with van der Waals surface area (Å²) in [5.41, 5.74) is 1.53. The summed E-state index contributed by atoms with van der Waals surface area (Å²) >= 11 is 12.1. The van der Waals surface area contributed by atoms with Crippen molar-refractivity contribution in [2.75, 3.05) is 53.9 Å². The number of aromatic hydroxyl groups is 1. The van der Waals surface area contributed by atoms with E-state index in [0.717, 1.165) is 38.3 Å². The molecule has 32 heavy (non-hydrogen) atoms. The molecule has 0 radical (unpaired) electrons. The van der Waals surface area contributed by atoms with Crippen molar-refractivity contribution in [3.63, 3.8) is 0 Å². The van der Waals surface area contributed by atoms with E-state index in [1.165, 1.54) is 12.1 Å². The monoisotopic (exact) mass is 477 g/mol. The molecule has 6 nitrogen and oxygen atoms in total. The van der Waals surface area contributed by atoms with Gasteiger partial charge in [-0.25, -0.2) is 0 Å². The van der Waals surface area contributed by atoms with E-state index in [1.54, 1.807) is 24.3 Å². The van der Waals surface area contributed by atoms with Crippen LogP contribution in [0, 0.1) is 0 Å². The largest absolute Gasteiger partial charge is 0.507 e. The number of benzene rings is 2. The van der Waals surface area contributed by atoms with Crippen LogP contribution in [0.25, 0.3) is 11.1 Å². The first-order valence-corrected chi connectivity index (χ1v) is 11.0. The molecule has 0 bridgehead atoms. The van der Waals surface area contributed by atoms with Crippen LogP contribution in [0.15, 0.2) is 48.6 Å². The molecule has 1 amide bonds. The Hall–Kier alpha value is -2.38. The van der Waals surface area contributed by atoms with Crippen LogP contribution < -0.4 is 0 Å². The summed E-state index contributed by atoms with van der Waals surface area (Å²) in [5, 5.41) is 10.4. The number of phenols is 1. The number of carbonyl (C=O) groups excluding carboxylic acids is 2. The Morgan fingerprint density at radius 3 is 2.31 bits per heavy atom. The van der Waals surface area contributed by atoms with Crippen LogP contribution in [0.5, 0.6) is 5.75 Å². The molecule has 2 aromatic carbocycles. The highest BCUT2D eigenvalue weighted by Gasteiger charge is 2.16. The number of halogens is 2. The van der Waals surface area contributed by atoms with Crippen molar-refractivity contribution >= 4 is 35.4 Å². The van der Waals surface area contributed by atoms with Crippen LogP contribution in [-0.4, -0.2) is 85.9 Å². The van der Waals surface area contributed by atoms with Gasteiger partial charge in [-0.2, -0.15) is 0 Å². The van der Waals surface area contributed by atoms with Gasteiger partial charge in [0.05, 0.1) is 10.6 Å². The SMILES string of the molecule is CN(C)C/C=C/C(=O)N1CCN(C)CC1.O=Cc1cc(-c2ccccc2Cl)c(Cl)cc1O. The smallest absolute Gasteiger partial charge is 0.246 e. The van der Waals surface area contributed by atoms with Crippen molar-refractivity contribution in [2.45, 2.75) is 0 Å². The second-order valence-electron chi connectivity index (χ2n) is 7.78. The second-order valence-corrected chi connectivity index (χ2v) is 8.60. The Bertz CT molecular complexity index is 956. The number of aldehydes is 1. The highest BCUT2D eigenvalue weighted by molar-refractivity contribution is 6.36. The van der Waals surface area contributed by atoms with E-state index in [0.29, 0.717) is 21.9 Å². The molecule has 0 aliphatic carbocycles. The first-order chi connectivity index (χ1) is 15.2. The lowest BCUT2D eigenvalue weighted by molar-refractivity contribution is -0.127. The molecule has 0 aromatic heterocycles. The zero-order valence-corrected chi connectivity index (χ0v) is 20.1. The molecule has 0 atom stereocenters. The van der Waals surface area contributed by atoms with Gasteiger partial charge in [-0.3, -0.25) is 9.59 Å². The van der Waals surface area contributed by atoms with E-state index in [-0.39, 0.29) is 17.2 Å². The van der Waals surface area contributed by atoms with Gasteiger partial charge in [0.2, 0.25) is 5.91 Å². The number of nitrogens with zero attached hydrogens (tertiary/aromatic N) is 3. The molecular weight excluding hydrogens is 449 g/mol. The lowest BCUT2D eigenvalue weighted by atomic mass is 10.0. The van der Waals surface area contributed by atoms with Crippen molar-refractivity contribution in [2.24, 2.45) is 0 Å². The maximum atomic E-state index is 11.7. The van der Waals surface area contributed by atoms with Crippen LogP contribution in [0.4, 0.5) is 0 Å². The van der Waals surface area contributed by atoms with Crippen molar-refractivity contribution in [3.8, 4) is 16.9 Å². The molecule has 2 aromatic rings. The number of likely N-dealkylation sites (N-methyl/N-ethyl adjacent to an activating group) is 2. The Morgan fingerprint density at radius 2 is 1.72 bits per heavy atom. The molecule has 1 fully saturated rings. The van der Waals surface area contributed by atoms with Gasteiger partial charge < -0.3 is 19.8 Å². The lowest BCUT2D eigenvalue weighted by Gasteiger charge is -2.31. The fourth-order valence-corrected chi connectivity index (χ4v) is 3.55. The molecule has 0 unspecified atom stereocenters. The molecule has 1 heterocycles. The van der Waals surface area contributed by atoms with Gasteiger partial charge in [0.15, 0.2) is 6.29 Å². The van der Waals surface area contributed by atoms with Crippen molar-refractivity contribution in [1.29, 1.82) is 0 Å². The number of piperazine rings is 1. The van der Waals surface area contributed by atoms with Gasteiger partial charge >= 0.3 is 0 Å². The van der Waals surface area contributed by atoms with Crippen LogP contribution >= 0.6 is 23.2 Å². The number of hydrogen-bond donors (Lipinski definition) is 1. The average molecular weight is 478 g/mol. The van der Waals surface area contributed by atoms with Gasteiger partial charge in [-0.05, 0) is 39.3 Å². The topological polar surface area (TPSA) is 64.1 Å².